The van der Waals surface area contributed by atoms with E-state index in [9.17, 15) is 14.7 Å². The molecule has 0 aliphatic carbocycles. The fraction of sp³-hybridized carbons (Fsp3) is 0.0833. The summed E-state index contributed by atoms with van der Waals surface area (Å²) in [7, 11) is 0. The molecule has 0 radical (unpaired) electrons. The van der Waals surface area contributed by atoms with Crippen molar-refractivity contribution >= 4 is 45.9 Å². The number of hydrogen-bond donors (Lipinski definition) is 2. The summed E-state index contributed by atoms with van der Waals surface area (Å²) in [6, 6.07) is 21.1. The van der Waals surface area contributed by atoms with Crippen LogP contribution in [0.5, 0.6) is 5.75 Å². The number of carbonyl (C=O) groups is 1. The van der Waals surface area contributed by atoms with Crippen LogP contribution in [-0.4, -0.2) is 11.0 Å². The number of anilines is 1. The molecule has 0 fully saturated rings. The zero-order valence-corrected chi connectivity index (χ0v) is 17.9. The minimum atomic E-state index is -0.432. The average Bonchev–Trinajstić information content (AvgIpc) is 2.74. The monoisotopic (exact) mass is 451 g/mol. The molecule has 0 saturated heterocycles. The van der Waals surface area contributed by atoms with E-state index in [-0.39, 0.29) is 18.1 Å². The van der Waals surface area contributed by atoms with Crippen molar-refractivity contribution in [2.75, 3.05) is 5.32 Å². The molecule has 31 heavy (non-hydrogen) atoms. The number of phenols is 1. The van der Waals surface area contributed by atoms with Gasteiger partial charge >= 0.3 is 5.63 Å². The Kier molecular flexibility index (Phi) is 6.30. The third kappa shape index (κ3) is 5.48. The lowest BCUT2D eigenvalue weighted by atomic mass is 10.1. The quantitative estimate of drug-likeness (QED) is 0.293. The molecule has 1 heterocycles. The minimum Gasteiger partial charge on any atom is -0.508 e. The molecular weight excluding hydrogens is 434 g/mol. The van der Waals surface area contributed by atoms with Crippen LogP contribution in [0.25, 0.3) is 11.0 Å². The van der Waals surface area contributed by atoms with Crippen molar-refractivity contribution in [3.8, 4) is 5.75 Å². The van der Waals surface area contributed by atoms with Crippen LogP contribution in [0, 0.1) is 0 Å². The maximum Gasteiger partial charge on any atom is 0.340 e. The van der Waals surface area contributed by atoms with E-state index in [0.29, 0.717) is 27.6 Å². The van der Waals surface area contributed by atoms with Crippen molar-refractivity contribution in [3.05, 3.63) is 99.4 Å². The summed E-state index contributed by atoms with van der Waals surface area (Å²) < 4.78 is 5.31. The van der Waals surface area contributed by atoms with Crippen molar-refractivity contribution in [1.82, 2.24) is 0 Å². The van der Waals surface area contributed by atoms with Gasteiger partial charge in [-0.1, -0.05) is 29.8 Å². The maximum atomic E-state index is 12.3. The second kappa shape index (κ2) is 9.29. The summed E-state index contributed by atoms with van der Waals surface area (Å²) in [6.45, 7) is 0. The molecule has 4 rings (SSSR count). The molecule has 0 unspecified atom stereocenters. The number of hydrogen-bond acceptors (Lipinski definition) is 5. The number of benzene rings is 3. The summed E-state index contributed by atoms with van der Waals surface area (Å²) in [5.41, 5.74) is 2.01. The maximum absolute atomic E-state index is 12.3. The predicted molar refractivity (Wildman–Crippen MR) is 124 cm³/mol. The molecule has 1 aromatic heterocycles. The third-order valence-electron chi connectivity index (χ3n) is 4.58. The third-order valence-corrected chi connectivity index (χ3v) is 5.88. The number of nitrogens with one attached hydrogen (secondary N) is 1. The number of aromatic hydroxyl groups is 1. The second-order valence-corrected chi connectivity index (χ2v) is 8.43. The number of carbonyl (C=O) groups excluding carboxylic acids is 1. The molecule has 0 aliphatic rings. The van der Waals surface area contributed by atoms with Gasteiger partial charge in [-0.2, -0.15) is 0 Å². The Morgan fingerprint density at radius 2 is 1.84 bits per heavy atom. The molecule has 2 N–H and O–H groups in total. The molecule has 0 aliphatic heterocycles. The molecule has 0 atom stereocenters. The van der Waals surface area contributed by atoms with E-state index in [1.165, 1.54) is 17.8 Å². The van der Waals surface area contributed by atoms with Crippen LogP contribution in [0.1, 0.15) is 11.1 Å². The summed E-state index contributed by atoms with van der Waals surface area (Å²) in [4.78, 5) is 25.5. The number of rotatable bonds is 6. The van der Waals surface area contributed by atoms with E-state index in [1.54, 1.807) is 30.3 Å². The van der Waals surface area contributed by atoms with Gasteiger partial charge in [0.2, 0.25) is 5.91 Å². The van der Waals surface area contributed by atoms with Gasteiger partial charge in [-0.15, -0.1) is 11.8 Å². The Hall–Kier alpha value is -3.22. The number of thioether (sulfide) groups is 1. The van der Waals surface area contributed by atoms with Crippen LogP contribution < -0.4 is 10.9 Å². The van der Waals surface area contributed by atoms with Crippen LogP contribution in [0.3, 0.4) is 0 Å². The molecule has 5 nitrogen and oxygen atoms in total. The van der Waals surface area contributed by atoms with Crippen LogP contribution >= 0.6 is 23.4 Å². The highest BCUT2D eigenvalue weighted by molar-refractivity contribution is 7.98. The van der Waals surface area contributed by atoms with Gasteiger partial charge in [-0.25, -0.2) is 4.79 Å². The molecular formula is C24H18ClNO4S. The number of fused-ring (bicyclic) bond motifs is 1. The first-order valence-corrected chi connectivity index (χ1v) is 10.9. The van der Waals surface area contributed by atoms with Crippen LogP contribution in [0.2, 0.25) is 5.02 Å². The number of phenolic OH excluding ortho intramolecular Hbond substituents is 1. The van der Waals surface area contributed by atoms with Crippen molar-refractivity contribution in [2.45, 2.75) is 17.1 Å². The zero-order chi connectivity index (χ0) is 21.8. The summed E-state index contributed by atoms with van der Waals surface area (Å²) in [5.74, 6) is 0.344. The number of halogens is 1. The first-order valence-electron chi connectivity index (χ1n) is 9.49. The van der Waals surface area contributed by atoms with Gasteiger partial charge in [-0.05, 0) is 54.1 Å². The van der Waals surface area contributed by atoms with Crippen molar-refractivity contribution in [1.29, 1.82) is 0 Å². The highest BCUT2D eigenvalue weighted by atomic mass is 35.5. The normalized spacial score (nSPS) is 10.9. The molecule has 1 amide bonds. The van der Waals surface area contributed by atoms with Crippen molar-refractivity contribution in [2.24, 2.45) is 0 Å². The summed E-state index contributed by atoms with van der Waals surface area (Å²) in [5, 5.41) is 13.8. The van der Waals surface area contributed by atoms with E-state index < -0.39 is 5.63 Å². The molecule has 156 valence electrons. The Balaban J connectivity index is 1.41. The lowest BCUT2D eigenvalue weighted by Crippen LogP contribution is -2.14. The fourth-order valence-electron chi connectivity index (χ4n) is 3.06. The Morgan fingerprint density at radius 3 is 2.65 bits per heavy atom. The van der Waals surface area contributed by atoms with E-state index in [4.69, 9.17) is 16.0 Å². The topological polar surface area (TPSA) is 79.5 Å². The molecule has 7 heteroatoms. The van der Waals surface area contributed by atoms with Gasteiger partial charge in [0.05, 0.1) is 6.42 Å². The summed E-state index contributed by atoms with van der Waals surface area (Å²) in [6.07, 6.45) is 0.252. The molecule has 0 bridgehead atoms. The Morgan fingerprint density at radius 1 is 1.03 bits per heavy atom. The molecule has 4 aromatic rings. The lowest BCUT2D eigenvalue weighted by molar-refractivity contribution is -0.115. The van der Waals surface area contributed by atoms with E-state index in [0.717, 1.165) is 15.8 Å². The van der Waals surface area contributed by atoms with E-state index in [2.05, 4.69) is 5.32 Å². The Labute approximate surface area is 187 Å². The standard InChI is InChI=1S/C24H18ClNO4S/c25-18-7-4-15(5-8-18)10-23(28)26-19-2-1-3-21(12-19)31-14-17-11-16-6-9-20(27)13-22(16)30-24(17)29/h1-9,11-13,27H,10,14H2,(H,26,28). The largest absolute Gasteiger partial charge is 0.508 e. The van der Waals surface area contributed by atoms with Gasteiger partial charge in [0.25, 0.3) is 0 Å². The van der Waals surface area contributed by atoms with Gasteiger partial charge in [-0.3, -0.25) is 4.79 Å². The van der Waals surface area contributed by atoms with Crippen molar-refractivity contribution in [3.63, 3.8) is 0 Å². The smallest absolute Gasteiger partial charge is 0.340 e. The Bertz CT molecular complexity index is 1300. The first kappa shape index (κ1) is 21.0. The van der Waals surface area contributed by atoms with Gasteiger partial charge in [0.15, 0.2) is 0 Å². The van der Waals surface area contributed by atoms with Gasteiger partial charge < -0.3 is 14.8 Å². The van der Waals surface area contributed by atoms with Crippen LogP contribution in [0.15, 0.2) is 86.9 Å². The lowest BCUT2D eigenvalue weighted by Gasteiger charge is -2.08. The first-order chi connectivity index (χ1) is 15.0. The molecule has 0 saturated carbocycles. The zero-order valence-electron chi connectivity index (χ0n) is 16.3. The molecule has 0 spiro atoms. The average molecular weight is 452 g/mol. The predicted octanol–water partition coefficient (Wildman–Crippen LogP) is 5.63. The minimum absolute atomic E-state index is 0.0488. The van der Waals surface area contributed by atoms with Gasteiger partial charge in [0, 0.05) is 38.4 Å². The van der Waals surface area contributed by atoms with E-state index >= 15 is 0 Å². The molecule has 3 aromatic carbocycles. The van der Waals surface area contributed by atoms with Gasteiger partial charge in [0.1, 0.15) is 11.3 Å². The van der Waals surface area contributed by atoms with E-state index in [1.807, 2.05) is 36.4 Å². The van der Waals surface area contributed by atoms with Crippen LogP contribution in [0.4, 0.5) is 5.69 Å². The fourth-order valence-corrected chi connectivity index (χ4v) is 4.10. The highest BCUT2D eigenvalue weighted by Crippen LogP contribution is 2.26. The highest BCUT2D eigenvalue weighted by Gasteiger charge is 2.09. The second-order valence-electron chi connectivity index (χ2n) is 6.95. The SMILES string of the molecule is O=C(Cc1ccc(Cl)cc1)Nc1cccc(SCc2cc3ccc(O)cc3oc2=O)c1. The van der Waals surface area contributed by atoms with Crippen molar-refractivity contribution < 1.29 is 14.3 Å². The van der Waals surface area contributed by atoms with Crippen LogP contribution in [-0.2, 0) is 17.0 Å². The number of amides is 1. The summed E-state index contributed by atoms with van der Waals surface area (Å²) >= 11 is 7.35.